The highest BCUT2D eigenvalue weighted by Crippen LogP contribution is 2.34. The van der Waals surface area contributed by atoms with Crippen molar-refractivity contribution in [2.45, 2.75) is 37.0 Å². The van der Waals surface area contributed by atoms with Gasteiger partial charge in [-0.1, -0.05) is 48.5 Å². The van der Waals surface area contributed by atoms with Crippen LogP contribution in [0.4, 0.5) is 0 Å². The van der Waals surface area contributed by atoms with Gasteiger partial charge in [0.15, 0.2) is 6.29 Å². The number of ether oxygens (including phenoxy) is 4. The number of aliphatic hydroxyl groups is 2. The van der Waals surface area contributed by atoms with Crippen molar-refractivity contribution in [2.24, 2.45) is 0 Å². The van der Waals surface area contributed by atoms with Crippen molar-refractivity contribution in [3.8, 4) is 5.75 Å². The van der Waals surface area contributed by atoms with Gasteiger partial charge >= 0.3 is 0 Å². The molecule has 2 aromatic rings. The van der Waals surface area contributed by atoms with Gasteiger partial charge in [0.05, 0.1) is 6.61 Å². The van der Waals surface area contributed by atoms with Crippen molar-refractivity contribution in [2.75, 3.05) is 6.61 Å². The molecule has 2 fully saturated rings. The molecule has 0 unspecified atom stereocenters. The predicted octanol–water partition coefficient (Wildman–Crippen LogP) is 1.63. The maximum absolute atomic E-state index is 10.5. The summed E-state index contributed by atoms with van der Waals surface area (Å²) in [6.45, 7) is 0.239. The number of hydrogen-bond acceptors (Lipinski definition) is 6. The van der Waals surface area contributed by atoms with Gasteiger partial charge in [-0.2, -0.15) is 0 Å². The van der Waals surface area contributed by atoms with Gasteiger partial charge in [0.2, 0.25) is 6.29 Å². The molecule has 4 rings (SSSR count). The maximum atomic E-state index is 10.5. The SMILES string of the molecule is O[C@@H]1[C@H](Oc2ccccc2)O[C@H]2CO[C@@H](c3ccccc3)O[C@H]2[C@@H]1O. The van der Waals surface area contributed by atoms with Crippen LogP contribution in [-0.2, 0) is 14.2 Å². The first-order chi connectivity index (χ1) is 12.2. The molecule has 2 aliphatic heterocycles. The van der Waals surface area contributed by atoms with Gasteiger partial charge in [0.25, 0.3) is 0 Å². The van der Waals surface area contributed by atoms with Crippen molar-refractivity contribution in [1.29, 1.82) is 0 Å². The van der Waals surface area contributed by atoms with Crippen LogP contribution in [-0.4, -0.2) is 47.5 Å². The first-order valence-corrected chi connectivity index (χ1v) is 8.28. The molecule has 25 heavy (non-hydrogen) atoms. The molecule has 2 N–H and O–H groups in total. The largest absolute Gasteiger partial charge is 0.462 e. The summed E-state index contributed by atoms with van der Waals surface area (Å²) in [6.07, 6.45) is -5.16. The Balaban J connectivity index is 1.46. The average Bonchev–Trinajstić information content (AvgIpc) is 2.67. The monoisotopic (exact) mass is 344 g/mol. The molecule has 0 aliphatic carbocycles. The molecule has 132 valence electrons. The van der Waals surface area contributed by atoms with Gasteiger partial charge < -0.3 is 29.2 Å². The van der Waals surface area contributed by atoms with E-state index in [-0.39, 0.29) is 6.61 Å². The van der Waals surface area contributed by atoms with E-state index < -0.39 is 37.0 Å². The number of para-hydroxylation sites is 1. The van der Waals surface area contributed by atoms with E-state index in [1.165, 1.54) is 0 Å². The van der Waals surface area contributed by atoms with Crippen LogP contribution in [0.3, 0.4) is 0 Å². The Morgan fingerprint density at radius 1 is 0.840 bits per heavy atom. The first kappa shape index (κ1) is 16.5. The van der Waals surface area contributed by atoms with E-state index >= 15 is 0 Å². The van der Waals surface area contributed by atoms with Gasteiger partial charge in [0.1, 0.15) is 30.2 Å². The van der Waals surface area contributed by atoms with Crippen LogP contribution >= 0.6 is 0 Å². The summed E-state index contributed by atoms with van der Waals surface area (Å²) in [5.41, 5.74) is 0.852. The molecule has 0 bridgehead atoms. The van der Waals surface area contributed by atoms with Crippen LogP contribution in [0.25, 0.3) is 0 Å². The Kier molecular flexibility index (Phi) is 4.70. The standard InChI is InChI=1S/C19H20O6/c20-15-16(21)19(23-13-9-5-2-6-10-13)24-14-11-22-18(25-17(14)15)12-7-3-1-4-8-12/h1-10,14-21H,11H2/t14-,15+,16-,17+,18+,19+/m0/s1. The van der Waals surface area contributed by atoms with Crippen molar-refractivity contribution in [3.63, 3.8) is 0 Å². The number of benzene rings is 2. The van der Waals surface area contributed by atoms with Crippen LogP contribution < -0.4 is 4.74 Å². The summed E-state index contributed by atoms with van der Waals surface area (Å²) in [5, 5.41) is 20.9. The average molecular weight is 344 g/mol. The fourth-order valence-corrected chi connectivity index (χ4v) is 3.09. The van der Waals surface area contributed by atoms with Crippen LogP contribution in [0.2, 0.25) is 0 Å². The van der Waals surface area contributed by atoms with Gasteiger partial charge in [-0.15, -0.1) is 0 Å². The number of aliphatic hydroxyl groups excluding tert-OH is 2. The van der Waals surface area contributed by atoms with E-state index in [9.17, 15) is 10.2 Å². The summed E-state index contributed by atoms with van der Waals surface area (Å²) in [4.78, 5) is 0. The molecule has 2 aromatic carbocycles. The van der Waals surface area contributed by atoms with E-state index in [1.54, 1.807) is 12.1 Å². The Bertz CT molecular complexity index is 677. The number of fused-ring (bicyclic) bond motifs is 1. The van der Waals surface area contributed by atoms with Crippen LogP contribution in [0, 0.1) is 0 Å². The summed E-state index contributed by atoms with van der Waals surface area (Å²) in [7, 11) is 0. The predicted molar refractivity (Wildman–Crippen MR) is 87.8 cm³/mol. The van der Waals surface area contributed by atoms with Crippen molar-refractivity contribution in [3.05, 3.63) is 66.2 Å². The fourth-order valence-electron chi connectivity index (χ4n) is 3.09. The molecule has 0 spiro atoms. The first-order valence-electron chi connectivity index (χ1n) is 8.28. The molecule has 2 aliphatic rings. The second kappa shape index (κ2) is 7.11. The zero-order valence-corrected chi connectivity index (χ0v) is 13.5. The second-order valence-electron chi connectivity index (χ2n) is 6.13. The lowest BCUT2D eigenvalue weighted by atomic mass is 9.98. The number of hydrogen-bond donors (Lipinski definition) is 2. The van der Waals surface area contributed by atoms with Gasteiger partial charge in [0, 0.05) is 5.56 Å². The smallest absolute Gasteiger partial charge is 0.229 e. The highest BCUT2D eigenvalue weighted by molar-refractivity contribution is 5.21. The molecule has 2 saturated heterocycles. The summed E-state index contributed by atoms with van der Waals surface area (Å²) in [6, 6.07) is 18.5. The molecule has 2 heterocycles. The van der Waals surface area contributed by atoms with Crippen molar-refractivity contribution >= 4 is 0 Å². The van der Waals surface area contributed by atoms with E-state index in [0.29, 0.717) is 5.75 Å². The Hall–Kier alpha value is -1.96. The fraction of sp³-hybridized carbons (Fsp3) is 0.368. The Labute approximate surface area is 145 Å². The third-order valence-corrected chi connectivity index (χ3v) is 4.40. The molecular formula is C19H20O6. The second-order valence-corrected chi connectivity index (χ2v) is 6.13. The molecule has 0 aromatic heterocycles. The third-order valence-electron chi connectivity index (χ3n) is 4.40. The minimum atomic E-state index is -1.23. The minimum Gasteiger partial charge on any atom is -0.462 e. The normalized spacial score (nSPS) is 35.0. The molecule has 0 radical (unpaired) electrons. The van der Waals surface area contributed by atoms with Crippen LogP contribution in [0.15, 0.2) is 60.7 Å². The lowest BCUT2D eigenvalue weighted by molar-refractivity contribution is -0.350. The number of rotatable bonds is 3. The molecule has 6 nitrogen and oxygen atoms in total. The zero-order chi connectivity index (χ0) is 17.2. The van der Waals surface area contributed by atoms with Gasteiger partial charge in [-0.3, -0.25) is 0 Å². The van der Waals surface area contributed by atoms with E-state index in [0.717, 1.165) is 5.56 Å². The quantitative estimate of drug-likeness (QED) is 0.881. The van der Waals surface area contributed by atoms with E-state index in [2.05, 4.69) is 0 Å². The molecule has 0 amide bonds. The van der Waals surface area contributed by atoms with Crippen molar-refractivity contribution < 1.29 is 29.2 Å². The van der Waals surface area contributed by atoms with Crippen LogP contribution in [0.5, 0.6) is 5.75 Å². The highest BCUT2D eigenvalue weighted by Gasteiger charge is 2.49. The Morgan fingerprint density at radius 3 is 2.24 bits per heavy atom. The summed E-state index contributed by atoms with van der Waals surface area (Å²) in [5.74, 6) is 0.553. The zero-order valence-electron chi connectivity index (χ0n) is 13.5. The molecule has 6 atom stereocenters. The topological polar surface area (TPSA) is 77.4 Å². The van der Waals surface area contributed by atoms with Gasteiger partial charge in [-0.25, -0.2) is 0 Å². The summed E-state index contributed by atoms with van der Waals surface area (Å²) < 4.78 is 23.0. The minimum absolute atomic E-state index is 0.239. The Morgan fingerprint density at radius 2 is 1.52 bits per heavy atom. The molecular weight excluding hydrogens is 324 g/mol. The molecule has 0 saturated carbocycles. The third kappa shape index (κ3) is 3.40. The highest BCUT2D eigenvalue weighted by atomic mass is 16.8. The van der Waals surface area contributed by atoms with E-state index in [4.69, 9.17) is 18.9 Å². The van der Waals surface area contributed by atoms with Crippen LogP contribution in [0.1, 0.15) is 11.9 Å². The molecule has 6 heteroatoms. The van der Waals surface area contributed by atoms with E-state index in [1.807, 2.05) is 48.5 Å². The summed E-state index contributed by atoms with van der Waals surface area (Å²) >= 11 is 0. The van der Waals surface area contributed by atoms with Gasteiger partial charge in [-0.05, 0) is 12.1 Å². The lowest BCUT2D eigenvalue weighted by Crippen LogP contribution is -2.62. The lowest BCUT2D eigenvalue weighted by Gasteiger charge is -2.46. The van der Waals surface area contributed by atoms with Crippen molar-refractivity contribution in [1.82, 2.24) is 0 Å². The maximum Gasteiger partial charge on any atom is 0.229 e.